The Kier molecular flexibility index (Phi) is 7.82. The Hall–Kier alpha value is -2.37. The number of carbonyl (C=O) groups is 3. The summed E-state index contributed by atoms with van der Waals surface area (Å²) in [5.74, 6) is 0.0938. The second kappa shape index (κ2) is 11.0. The maximum atomic E-state index is 13.2. The van der Waals surface area contributed by atoms with E-state index in [-0.39, 0.29) is 29.6 Å². The van der Waals surface area contributed by atoms with Crippen LogP contribution in [0.5, 0.6) is 0 Å². The summed E-state index contributed by atoms with van der Waals surface area (Å²) >= 11 is 0. The number of nitrogens with zero attached hydrogens (tertiary/aromatic N) is 1. The third-order valence-corrected chi connectivity index (χ3v) is 7.31. The number of hydrogen-bond donors (Lipinski definition) is 2. The van der Waals surface area contributed by atoms with Gasteiger partial charge in [0, 0.05) is 41.9 Å². The Bertz CT molecular complexity index is 769. The van der Waals surface area contributed by atoms with Crippen LogP contribution in [0.25, 0.3) is 0 Å². The number of likely N-dealkylation sites (tertiary alicyclic amines) is 1. The molecule has 2 saturated carbocycles. The molecule has 1 saturated heterocycles. The van der Waals surface area contributed by atoms with Gasteiger partial charge in [-0.2, -0.15) is 0 Å². The van der Waals surface area contributed by atoms with Gasteiger partial charge in [-0.15, -0.1) is 0 Å². The number of anilines is 2. The third-order valence-electron chi connectivity index (χ3n) is 7.31. The predicted octanol–water partition coefficient (Wildman–Crippen LogP) is 5.35. The molecular formula is C26H37N3O3. The van der Waals surface area contributed by atoms with Crippen molar-refractivity contribution in [3.05, 3.63) is 23.8 Å². The van der Waals surface area contributed by atoms with Crippen molar-refractivity contribution in [2.45, 2.75) is 83.5 Å². The third kappa shape index (κ3) is 5.90. The molecule has 0 bridgehead atoms. The van der Waals surface area contributed by atoms with Crippen molar-refractivity contribution in [3.63, 3.8) is 0 Å². The van der Waals surface area contributed by atoms with Gasteiger partial charge in [0.1, 0.15) is 0 Å². The molecule has 6 heteroatoms. The van der Waals surface area contributed by atoms with E-state index in [0.29, 0.717) is 16.9 Å². The highest BCUT2D eigenvalue weighted by molar-refractivity contribution is 6.01. The molecular weight excluding hydrogens is 402 g/mol. The Morgan fingerprint density at radius 3 is 1.53 bits per heavy atom. The van der Waals surface area contributed by atoms with Crippen LogP contribution in [0.15, 0.2) is 18.2 Å². The van der Waals surface area contributed by atoms with Crippen LogP contribution in [0.2, 0.25) is 0 Å². The molecule has 0 aromatic heterocycles. The van der Waals surface area contributed by atoms with Gasteiger partial charge in [0.15, 0.2) is 0 Å². The summed E-state index contributed by atoms with van der Waals surface area (Å²) in [6.07, 6.45) is 13.6. The second-order valence-electron chi connectivity index (χ2n) is 9.80. The van der Waals surface area contributed by atoms with Crippen LogP contribution in [-0.2, 0) is 9.59 Å². The zero-order valence-electron chi connectivity index (χ0n) is 19.2. The van der Waals surface area contributed by atoms with Crippen LogP contribution in [0.3, 0.4) is 0 Å². The van der Waals surface area contributed by atoms with E-state index in [1.165, 1.54) is 12.8 Å². The maximum absolute atomic E-state index is 13.2. The van der Waals surface area contributed by atoms with Gasteiger partial charge in [-0.05, 0) is 63.1 Å². The fraction of sp³-hybridized carbons (Fsp3) is 0.654. The summed E-state index contributed by atoms with van der Waals surface area (Å²) in [5.41, 5.74) is 1.73. The summed E-state index contributed by atoms with van der Waals surface area (Å²) in [7, 11) is 0. The molecule has 3 aliphatic rings. The Morgan fingerprint density at radius 2 is 1.06 bits per heavy atom. The van der Waals surface area contributed by atoms with Crippen molar-refractivity contribution >= 4 is 29.1 Å². The summed E-state index contributed by atoms with van der Waals surface area (Å²) in [6.45, 7) is 1.53. The minimum absolute atomic E-state index is 0.0216. The fourth-order valence-electron chi connectivity index (χ4n) is 5.39. The first-order valence-electron chi connectivity index (χ1n) is 12.7. The van der Waals surface area contributed by atoms with Crippen LogP contribution in [0, 0.1) is 11.8 Å². The SMILES string of the molecule is O=C(Nc1cc(NC(=O)C2CCCCC2)cc(C(=O)N2CCCCC2)c1)C1CCCCC1. The van der Waals surface area contributed by atoms with E-state index in [4.69, 9.17) is 0 Å². The van der Waals surface area contributed by atoms with Crippen molar-refractivity contribution in [1.82, 2.24) is 4.90 Å². The number of rotatable bonds is 5. The first-order chi connectivity index (χ1) is 15.6. The quantitative estimate of drug-likeness (QED) is 0.649. The molecule has 0 radical (unpaired) electrons. The molecule has 1 aliphatic heterocycles. The van der Waals surface area contributed by atoms with E-state index >= 15 is 0 Å². The number of amides is 3. The van der Waals surface area contributed by atoms with Gasteiger partial charge in [-0.25, -0.2) is 0 Å². The molecule has 4 rings (SSSR count). The van der Waals surface area contributed by atoms with Gasteiger partial charge < -0.3 is 15.5 Å². The Morgan fingerprint density at radius 1 is 0.625 bits per heavy atom. The molecule has 32 heavy (non-hydrogen) atoms. The van der Waals surface area contributed by atoms with E-state index in [0.717, 1.165) is 83.7 Å². The summed E-state index contributed by atoms with van der Waals surface area (Å²) in [4.78, 5) is 40.7. The lowest BCUT2D eigenvalue weighted by molar-refractivity contribution is -0.121. The van der Waals surface area contributed by atoms with Gasteiger partial charge in [-0.1, -0.05) is 38.5 Å². The van der Waals surface area contributed by atoms with E-state index in [1.807, 2.05) is 4.90 Å². The molecule has 1 aromatic rings. The molecule has 174 valence electrons. The smallest absolute Gasteiger partial charge is 0.254 e. The van der Waals surface area contributed by atoms with Crippen molar-refractivity contribution < 1.29 is 14.4 Å². The van der Waals surface area contributed by atoms with Gasteiger partial charge in [0.25, 0.3) is 5.91 Å². The lowest BCUT2D eigenvalue weighted by Gasteiger charge is -2.27. The van der Waals surface area contributed by atoms with Crippen molar-refractivity contribution in [3.8, 4) is 0 Å². The van der Waals surface area contributed by atoms with Gasteiger partial charge in [-0.3, -0.25) is 14.4 Å². The number of benzene rings is 1. The molecule has 3 fully saturated rings. The molecule has 2 N–H and O–H groups in total. The predicted molar refractivity (Wildman–Crippen MR) is 127 cm³/mol. The average molecular weight is 440 g/mol. The lowest BCUT2D eigenvalue weighted by Crippen LogP contribution is -2.35. The van der Waals surface area contributed by atoms with E-state index < -0.39 is 0 Å². The van der Waals surface area contributed by atoms with Crippen molar-refractivity contribution in [1.29, 1.82) is 0 Å². The molecule has 1 aromatic carbocycles. The summed E-state index contributed by atoms with van der Waals surface area (Å²) in [6, 6.07) is 5.34. The highest BCUT2D eigenvalue weighted by Gasteiger charge is 2.25. The number of hydrogen-bond acceptors (Lipinski definition) is 3. The van der Waals surface area contributed by atoms with Gasteiger partial charge in [0.05, 0.1) is 0 Å². The molecule has 0 atom stereocenters. The minimum atomic E-state index is -0.0216. The van der Waals surface area contributed by atoms with Crippen LogP contribution in [0.1, 0.15) is 93.8 Å². The zero-order chi connectivity index (χ0) is 22.3. The topological polar surface area (TPSA) is 78.5 Å². The standard InChI is InChI=1S/C26H37N3O3/c30-24(19-10-4-1-5-11-19)27-22-16-21(26(32)29-14-8-3-9-15-29)17-23(18-22)28-25(31)20-12-6-2-7-13-20/h16-20H,1-15H2,(H,27,30)(H,28,31). The van der Waals surface area contributed by atoms with Crippen molar-refractivity contribution in [2.24, 2.45) is 11.8 Å². The molecule has 1 heterocycles. The Balaban J connectivity index is 1.53. The summed E-state index contributed by atoms with van der Waals surface area (Å²) in [5, 5.41) is 6.08. The fourth-order valence-corrected chi connectivity index (χ4v) is 5.39. The lowest BCUT2D eigenvalue weighted by atomic mass is 9.88. The highest BCUT2D eigenvalue weighted by Crippen LogP contribution is 2.29. The van der Waals surface area contributed by atoms with E-state index in [9.17, 15) is 14.4 Å². The number of carbonyl (C=O) groups excluding carboxylic acids is 3. The Labute approximate surface area is 191 Å². The molecule has 0 spiro atoms. The first-order valence-corrected chi connectivity index (χ1v) is 12.7. The molecule has 3 amide bonds. The van der Waals surface area contributed by atoms with Crippen LogP contribution in [0.4, 0.5) is 11.4 Å². The summed E-state index contributed by atoms with van der Waals surface area (Å²) < 4.78 is 0. The second-order valence-corrected chi connectivity index (χ2v) is 9.80. The van der Waals surface area contributed by atoms with E-state index in [1.54, 1.807) is 18.2 Å². The first kappa shape index (κ1) is 22.8. The highest BCUT2D eigenvalue weighted by atomic mass is 16.2. The van der Waals surface area contributed by atoms with Gasteiger partial charge >= 0.3 is 0 Å². The number of piperidine rings is 1. The van der Waals surface area contributed by atoms with Crippen LogP contribution in [-0.4, -0.2) is 35.7 Å². The molecule has 0 unspecified atom stereocenters. The molecule has 2 aliphatic carbocycles. The van der Waals surface area contributed by atoms with Gasteiger partial charge in [0.2, 0.25) is 11.8 Å². The maximum Gasteiger partial charge on any atom is 0.254 e. The zero-order valence-corrected chi connectivity index (χ0v) is 19.2. The largest absolute Gasteiger partial charge is 0.339 e. The van der Waals surface area contributed by atoms with Crippen LogP contribution < -0.4 is 10.6 Å². The van der Waals surface area contributed by atoms with Crippen LogP contribution >= 0.6 is 0 Å². The minimum Gasteiger partial charge on any atom is -0.339 e. The average Bonchev–Trinajstić information content (AvgIpc) is 2.85. The monoisotopic (exact) mass is 439 g/mol. The normalized spacial score (nSPS) is 20.6. The van der Waals surface area contributed by atoms with E-state index in [2.05, 4.69) is 10.6 Å². The van der Waals surface area contributed by atoms with Crippen molar-refractivity contribution in [2.75, 3.05) is 23.7 Å². The molecule has 6 nitrogen and oxygen atoms in total. The number of nitrogens with one attached hydrogen (secondary N) is 2.